The third kappa shape index (κ3) is 3.27. The molecule has 2 N–H and O–H groups in total. The number of hydrogen-bond donors (Lipinski definition) is 2. The summed E-state index contributed by atoms with van der Waals surface area (Å²) in [5.74, 6) is -0.609. The highest BCUT2D eigenvalue weighted by Crippen LogP contribution is 2.30. The molecule has 2 atom stereocenters. The number of rotatable bonds is 5. The van der Waals surface area contributed by atoms with Crippen molar-refractivity contribution >= 4 is 39.1 Å². The summed E-state index contributed by atoms with van der Waals surface area (Å²) in [5.41, 5.74) is 1.66. The Kier molecular flexibility index (Phi) is 4.82. The minimum atomic E-state index is -0.383. The van der Waals surface area contributed by atoms with E-state index in [4.69, 9.17) is 0 Å². The average Bonchev–Trinajstić information content (AvgIpc) is 3.13. The van der Waals surface area contributed by atoms with Crippen LogP contribution in [0, 0.1) is 12.8 Å². The van der Waals surface area contributed by atoms with E-state index in [1.54, 1.807) is 16.2 Å². The zero-order chi connectivity index (χ0) is 17.3. The Morgan fingerprint density at radius 2 is 2.33 bits per heavy atom. The molecule has 0 radical (unpaired) electrons. The molecule has 6 nitrogen and oxygen atoms in total. The number of carbonyl (C=O) groups excluding carboxylic acids is 2. The molecular weight excluding hydrogens is 326 g/mol. The van der Waals surface area contributed by atoms with Crippen molar-refractivity contribution in [3.63, 3.8) is 0 Å². The zero-order valence-corrected chi connectivity index (χ0v) is 14.6. The predicted molar refractivity (Wildman–Crippen MR) is 94.1 cm³/mol. The summed E-state index contributed by atoms with van der Waals surface area (Å²) in [6.07, 6.45) is 0.855. The lowest BCUT2D eigenvalue weighted by Crippen LogP contribution is -2.41. The summed E-state index contributed by atoms with van der Waals surface area (Å²) in [4.78, 5) is 30.7. The molecule has 0 bridgehead atoms. The highest BCUT2D eigenvalue weighted by atomic mass is 32.1. The molecule has 0 saturated carbocycles. The summed E-state index contributed by atoms with van der Waals surface area (Å²) >= 11 is 1.62. The number of anilines is 1. The molecule has 0 aliphatic carbocycles. The highest BCUT2D eigenvalue weighted by Gasteiger charge is 2.35. The lowest BCUT2D eigenvalue weighted by molar-refractivity contribution is -0.127. The van der Waals surface area contributed by atoms with Crippen molar-refractivity contribution in [3.8, 4) is 0 Å². The van der Waals surface area contributed by atoms with Crippen LogP contribution < -0.4 is 10.2 Å². The highest BCUT2D eigenvalue weighted by molar-refractivity contribution is 7.18. The Labute approximate surface area is 144 Å². The van der Waals surface area contributed by atoms with E-state index in [1.807, 2.05) is 32.0 Å². The maximum absolute atomic E-state index is 12.3. The van der Waals surface area contributed by atoms with Gasteiger partial charge in [-0.05, 0) is 31.5 Å². The second kappa shape index (κ2) is 6.86. The quantitative estimate of drug-likeness (QED) is 0.865. The van der Waals surface area contributed by atoms with Crippen LogP contribution in [0.1, 0.15) is 24.8 Å². The van der Waals surface area contributed by atoms with Crippen molar-refractivity contribution in [2.45, 2.75) is 32.7 Å². The van der Waals surface area contributed by atoms with Gasteiger partial charge in [0.2, 0.25) is 11.8 Å². The van der Waals surface area contributed by atoms with Crippen LogP contribution in [0.5, 0.6) is 0 Å². The van der Waals surface area contributed by atoms with Gasteiger partial charge in [-0.3, -0.25) is 9.59 Å². The van der Waals surface area contributed by atoms with Gasteiger partial charge in [-0.1, -0.05) is 6.92 Å². The standard InChI is InChI=1S/C17H21N3O3S/c1-3-12(9-21)19-17(23)11-6-16(22)20(8-11)13-4-5-15-14(7-13)18-10(2)24-15/h4-5,7,11-12,21H,3,6,8-9H2,1-2H3,(H,19,23). The summed E-state index contributed by atoms with van der Waals surface area (Å²) < 4.78 is 1.09. The molecule has 2 heterocycles. The number of aliphatic hydroxyl groups is 1. The van der Waals surface area contributed by atoms with Crippen LogP contribution in [-0.4, -0.2) is 41.1 Å². The van der Waals surface area contributed by atoms with Crippen LogP contribution in [0.15, 0.2) is 18.2 Å². The van der Waals surface area contributed by atoms with Gasteiger partial charge in [0.15, 0.2) is 0 Å². The number of carbonyl (C=O) groups is 2. The second-order valence-electron chi connectivity index (χ2n) is 6.09. The van der Waals surface area contributed by atoms with Crippen LogP contribution in [-0.2, 0) is 9.59 Å². The number of benzene rings is 1. The SMILES string of the molecule is CCC(CO)NC(=O)C1CC(=O)N(c2ccc3sc(C)nc3c2)C1. The smallest absolute Gasteiger partial charge is 0.227 e. The van der Waals surface area contributed by atoms with E-state index < -0.39 is 0 Å². The molecule has 1 aromatic heterocycles. The van der Waals surface area contributed by atoms with Crippen molar-refractivity contribution < 1.29 is 14.7 Å². The van der Waals surface area contributed by atoms with E-state index in [2.05, 4.69) is 10.3 Å². The first kappa shape index (κ1) is 16.9. The van der Waals surface area contributed by atoms with Gasteiger partial charge in [0.05, 0.1) is 33.8 Å². The summed E-state index contributed by atoms with van der Waals surface area (Å²) in [5, 5.41) is 13.0. The Morgan fingerprint density at radius 3 is 3.04 bits per heavy atom. The molecule has 2 aromatic rings. The molecule has 1 aromatic carbocycles. The number of thiazole rings is 1. The number of hydrogen-bond acceptors (Lipinski definition) is 5. The number of aromatic nitrogens is 1. The molecule has 1 aliphatic rings. The van der Waals surface area contributed by atoms with E-state index in [1.165, 1.54) is 0 Å². The summed E-state index contributed by atoms with van der Waals surface area (Å²) in [6, 6.07) is 5.52. The molecule has 2 amide bonds. The molecule has 3 rings (SSSR count). The first-order chi connectivity index (χ1) is 11.5. The number of amides is 2. The van der Waals surface area contributed by atoms with Crippen LogP contribution >= 0.6 is 11.3 Å². The summed E-state index contributed by atoms with van der Waals surface area (Å²) in [6.45, 7) is 4.13. The molecule has 1 saturated heterocycles. The average molecular weight is 347 g/mol. The van der Waals surface area contributed by atoms with Gasteiger partial charge in [0.25, 0.3) is 0 Å². The minimum Gasteiger partial charge on any atom is -0.394 e. The molecule has 0 spiro atoms. The van der Waals surface area contributed by atoms with E-state index in [-0.39, 0.29) is 36.8 Å². The van der Waals surface area contributed by atoms with Gasteiger partial charge in [-0.15, -0.1) is 11.3 Å². The minimum absolute atomic E-state index is 0.0569. The zero-order valence-electron chi connectivity index (χ0n) is 13.8. The number of fused-ring (bicyclic) bond motifs is 1. The fraction of sp³-hybridized carbons (Fsp3) is 0.471. The molecule has 2 unspecified atom stereocenters. The van der Waals surface area contributed by atoms with Crippen molar-refractivity contribution in [3.05, 3.63) is 23.2 Å². The molecule has 128 valence electrons. The number of aryl methyl sites for hydroxylation is 1. The lowest BCUT2D eigenvalue weighted by Gasteiger charge is -2.18. The maximum atomic E-state index is 12.3. The predicted octanol–water partition coefficient (Wildman–Crippen LogP) is 1.84. The number of aliphatic hydroxyl groups excluding tert-OH is 1. The molecule has 1 aliphatic heterocycles. The number of nitrogens with one attached hydrogen (secondary N) is 1. The lowest BCUT2D eigenvalue weighted by atomic mass is 10.1. The van der Waals surface area contributed by atoms with Gasteiger partial charge < -0.3 is 15.3 Å². The van der Waals surface area contributed by atoms with E-state index in [0.717, 1.165) is 20.9 Å². The van der Waals surface area contributed by atoms with Gasteiger partial charge in [-0.25, -0.2) is 4.98 Å². The first-order valence-corrected chi connectivity index (χ1v) is 8.92. The first-order valence-electron chi connectivity index (χ1n) is 8.10. The van der Waals surface area contributed by atoms with E-state index in [0.29, 0.717) is 13.0 Å². The number of nitrogens with zero attached hydrogens (tertiary/aromatic N) is 2. The maximum Gasteiger partial charge on any atom is 0.227 e. The monoisotopic (exact) mass is 347 g/mol. The molecule has 24 heavy (non-hydrogen) atoms. The third-order valence-corrected chi connectivity index (χ3v) is 5.30. The van der Waals surface area contributed by atoms with Crippen molar-refractivity contribution in [1.82, 2.24) is 10.3 Å². The normalized spacial score (nSPS) is 19.0. The molecular formula is C17H21N3O3S. The van der Waals surface area contributed by atoms with Crippen LogP contribution in [0.4, 0.5) is 5.69 Å². The largest absolute Gasteiger partial charge is 0.394 e. The Hall–Kier alpha value is -1.99. The van der Waals surface area contributed by atoms with Gasteiger partial charge >= 0.3 is 0 Å². The Morgan fingerprint density at radius 1 is 1.54 bits per heavy atom. The van der Waals surface area contributed by atoms with Crippen molar-refractivity contribution in [2.75, 3.05) is 18.1 Å². The van der Waals surface area contributed by atoms with Crippen LogP contribution in [0.25, 0.3) is 10.2 Å². The topological polar surface area (TPSA) is 82.5 Å². The van der Waals surface area contributed by atoms with Gasteiger partial charge in [0.1, 0.15) is 0 Å². The van der Waals surface area contributed by atoms with Crippen LogP contribution in [0.2, 0.25) is 0 Å². The molecule has 7 heteroatoms. The van der Waals surface area contributed by atoms with E-state index in [9.17, 15) is 14.7 Å². The third-order valence-electron chi connectivity index (χ3n) is 4.35. The van der Waals surface area contributed by atoms with Gasteiger partial charge in [-0.2, -0.15) is 0 Å². The summed E-state index contributed by atoms with van der Waals surface area (Å²) in [7, 11) is 0. The van der Waals surface area contributed by atoms with Gasteiger partial charge in [0, 0.05) is 18.7 Å². The van der Waals surface area contributed by atoms with Crippen molar-refractivity contribution in [2.24, 2.45) is 5.92 Å². The Bertz CT molecular complexity index is 770. The molecule has 1 fully saturated rings. The fourth-order valence-corrected chi connectivity index (χ4v) is 3.73. The van der Waals surface area contributed by atoms with Crippen molar-refractivity contribution in [1.29, 1.82) is 0 Å². The second-order valence-corrected chi connectivity index (χ2v) is 7.32. The Balaban J connectivity index is 1.74. The van der Waals surface area contributed by atoms with E-state index >= 15 is 0 Å². The fourth-order valence-electron chi connectivity index (χ4n) is 2.93. The van der Waals surface area contributed by atoms with Crippen LogP contribution in [0.3, 0.4) is 0 Å².